The van der Waals surface area contributed by atoms with Gasteiger partial charge in [-0.3, -0.25) is 0 Å². The maximum absolute atomic E-state index is 12.1. The van der Waals surface area contributed by atoms with Gasteiger partial charge in [0.15, 0.2) is 11.5 Å². The molecule has 0 aliphatic carbocycles. The van der Waals surface area contributed by atoms with Crippen LogP contribution in [0, 0.1) is 6.92 Å². The molecule has 0 fully saturated rings. The minimum absolute atomic E-state index is 0.135. The lowest BCUT2D eigenvalue weighted by Crippen LogP contribution is -2.43. The van der Waals surface area contributed by atoms with Crippen molar-refractivity contribution in [3.63, 3.8) is 0 Å². The molecule has 0 spiro atoms. The van der Waals surface area contributed by atoms with Crippen LogP contribution in [-0.4, -0.2) is 35.1 Å². The third-order valence-electron chi connectivity index (χ3n) is 6.13. The Labute approximate surface area is 214 Å². The molecule has 190 valence electrons. The van der Waals surface area contributed by atoms with Gasteiger partial charge in [-0.2, -0.15) is 0 Å². The van der Waals surface area contributed by atoms with Crippen molar-refractivity contribution in [3.05, 3.63) is 89.8 Å². The summed E-state index contributed by atoms with van der Waals surface area (Å²) in [6, 6.07) is 22.1. The van der Waals surface area contributed by atoms with E-state index >= 15 is 0 Å². The first-order valence-electron chi connectivity index (χ1n) is 12.0. The molecule has 4 aromatic rings. The van der Waals surface area contributed by atoms with E-state index < -0.39 is 11.6 Å². The van der Waals surface area contributed by atoms with Gasteiger partial charge in [0.25, 0.3) is 0 Å². The van der Waals surface area contributed by atoms with Crippen LogP contribution in [0.15, 0.2) is 77.2 Å². The second kappa shape index (κ2) is 10.3. The number of carboxylic acid groups (broad SMARTS) is 1. The van der Waals surface area contributed by atoms with Crippen LogP contribution in [0.3, 0.4) is 0 Å². The number of benzene rings is 3. The number of hydrogen-bond donors (Lipinski definition) is 1. The predicted octanol–water partition coefficient (Wildman–Crippen LogP) is 5.47. The molecule has 1 atom stereocenters. The molecule has 0 amide bonds. The fourth-order valence-corrected chi connectivity index (χ4v) is 4.08. The maximum Gasteiger partial charge on any atom is 0.348 e. The number of aromatic nitrogens is 1. The van der Waals surface area contributed by atoms with Crippen molar-refractivity contribution in [1.29, 1.82) is 0 Å². The molecule has 1 aromatic heterocycles. The Hall–Kier alpha value is -4.46. The van der Waals surface area contributed by atoms with Crippen molar-refractivity contribution >= 4 is 5.97 Å². The van der Waals surface area contributed by atoms with Gasteiger partial charge in [-0.25, -0.2) is 9.78 Å². The highest BCUT2D eigenvalue weighted by Crippen LogP contribution is 2.36. The van der Waals surface area contributed by atoms with Crippen LogP contribution in [0.5, 0.6) is 23.0 Å². The standard InChI is InChI=1S/C29H27NO7/c1-19-24(30-27(36-19)21-6-4-3-5-7-21)14-15-33-22-10-8-20(9-11-22)17-29(2,28(31)32)37-23-12-13-25-26(16-23)35-18-34-25/h3-13,16H,14-15,17-18H2,1-2H3,(H,31,32). The van der Waals surface area contributed by atoms with Gasteiger partial charge in [0.1, 0.15) is 17.3 Å². The summed E-state index contributed by atoms with van der Waals surface area (Å²) in [7, 11) is 0. The quantitative estimate of drug-likeness (QED) is 0.306. The van der Waals surface area contributed by atoms with Crippen LogP contribution in [0.1, 0.15) is 23.9 Å². The third kappa shape index (κ3) is 5.53. The molecule has 1 unspecified atom stereocenters. The third-order valence-corrected chi connectivity index (χ3v) is 6.13. The first kappa shape index (κ1) is 24.2. The highest BCUT2D eigenvalue weighted by molar-refractivity contribution is 5.78. The highest BCUT2D eigenvalue weighted by atomic mass is 16.7. The van der Waals surface area contributed by atoms with Gasteiger partial charge in [0.2, 0.25) is 18.3 Å². The topological polar surface area (TPSA) is 100 Å². The monoisotopic (exact) mass is 501 g/mol. The number of aryl methyl sites for hydroxylation is 1. The van der Waals surface area contributed by atoms with E-state index in [1.165, 1.54) is 0 Å². The van der Waals surface area contributed by atoms with Gasteiger partial charge < -0.3 is 28.5 Å². The number of carbonyl (C=O) groups is 1. The van der Waals surface area contributed by atoms with Crippen molar-refractivity contribution in [1.82, 2.24) is 4.98 Å². The molecule has 2 heterocycles. The number of aliphatic carboxylic acids is 1. The van der Waals surface area contributed by atoms with Crippen molar-refractivity contribution in [2.45, 2.75) is 32.3 Å². The molecule has 0 bridgehead atoms. The summed E-state index contributed by atoms with van der Waals surface area (Å²) in [6.07, 6.45) is 0.766. The second-order valence-electron chi connectivity index (χ2n) is 8.96. The fourth-order valence-electron chi connectivity index (χ4n) is 4.08. The summed E-state index contributed by atoms with van der Waals surface area (Å²) in [5.41, 5.74) is 1.12. The van der Waals surface area contributed by atoms with E-state index in [-0.39, 0.29) is 13.2 Å². The lowest BCUT2D eigenvalue weighted by molar-refractivity contribution is -0.153. The summed E-state index contributed by atoms with van der Waals surface area (Å²) < 4.78 is 28.3. The van der Waals surface area contributed by atoms with E-state index in [1.54, 1.807) is 25.1 Å². The predicted molar refractivity (Wildman–Crippen MR) is 135 cm³/mol. The number of ether oxygens (including phenoxy) is 4. The maximum atomic E-state index is 12.1. The zero-order valence-corrected chi connectivity index (χ0v) is 20.6. The van der Waals surface area contributed by atoms with E-state index in [1.807, 2.05) is 61.5 Å². The lowest BCUT2D eigenvalue weighted by atomic mass is 9.96. The molecule has 5 rings (SSSR count). The Bertz CT molecular complexity index is 1380. The summed E-state index contributed by atoms with van der Waals surface area (Å²) in [4.78, 5) is 16.7. The van der Waals surface area contributed by atoms with Crippen molar-refractivity contribution in [2.75, 3.05) is 13.4 Å². The second-order valence-corrected chi connectivity index (χ2v) is 8.96. The van der Waals surface area contributed by atoms with Gasteiger partial charge in [0, 0.05) is 24.5 Å². The van der Waals surface area contributed by atoms with E-state index in [2.05, 4.69) is 4.98 Å². The van der Waals surface area contributed by atoms with Crippen LogP contribution < -0.4 is 18.9 Å². The Morgan fingerprint density at radius 1 is 1.00 bits per heavy atom. The van der Waals surface area contributed by atoms with Crippen LogP contribution in [0.2, 0.25) is 0 Å². The van der Waals surface area contributed by atoms with Crippen molar-refractivity contribution in [3.8, 4) is 34.5 Å². The molecule has 8 nitrogen and oxygen atoms in total. The van der Waals surface area contributed by atoms with Gasteiger partial charge in [-0.1, -0.05) is 30.3 Å². The molecule has 1 aliphatic rings. The largest absolute Gasteiger partial charge is 0.493 e. The zero-order chi connectivity index (χ0) is 25.8. The van der Waals surface area contributed by atoms with Crippen LogP contribution in [-0.2, 0) is 17.6 Å². The molecule has 0 saturated heterocycles. The van der Waals surface area contributed by atoms with Crippen molar-refractivity contribution in [2.24, 2.45) is 0 Å². The van der Waals surface area contributed by atoms with Crippen LogP contribution in [0.4, 0.5) is 0 Å². The Morgan fingerprint density at radius 2 is 1.73 bits per heavy atom. The fraction of sp³-hybridized carbons (Fsp3) is 0.241. The van der Waals surface area contributed by atoms with Gasteiger partial charge >= 0.3 is 5.97 Å². The molecule has 3 aromatic carbocycles. The number of carboxylic acids is 1. The molecule has 37 heavy (non-hydrogen) atoms. The molecule has 1 aliphatic heterocycles. The minimum Gasteiger partial charge on any atom is -0.493 e. The summed E-state index contributed by atoms with van der Waals surface area (Å²) in [6.45, 7) is 4.01. The van der Waals surface area contributed by atoms with Crippen LogP contribution >= 0.6 is 0 Å². The Kier molecular flexibility index (Phi) is 6.72. The Morgan fingerprint density at radius 3 is 2.49 bits per heavy atom. The Balaban J connectivity index is 1.18. The van der Waals surface area contributed by atoms with Gasteiger partial charge in [-0.15, -0.1) is 0 Å². The van der Waals surface area contributed by atoms with Crippen molar-refractivity contribution < 1.29 is 33.3 Å². The molecular formula is C29H27NO7. The van der Waals surface area contributed by atoms with Gasteiger partial charge in [-0.05, 0) is 55.8 Å². The number of hydrogen-bond acceptors (Lipinski definition) is 7. The SMILES string of the molecule is Cc1oc(-c2ccccc2)nc1CCOc1ccc(CC(C)(Oc2ccc3c(c2)OCO3)C(=O)O)cc1. The van der Waals surface area contributed by atoms with Gasteiger partial charge in [0.05, 0.1) is 12.3 Å². The average molecular weight is 502 g/mol. The van der Waals surface area contributed by atoms with E-state index in [9.17, 15) is 9.90 Å². The number of fused-ring (bicyclic) bond motifs is 1. The first-order chi connectivity index (χ1) is 17.9. The summed E-state index contributed by atoms with van der Waals surface area (Å²) in [5, 5.41) is 9.91. The smallest absolute Gasteiger partial charge is 0.348 e. The summed E-state index contributed by atoms with van der Waals surface area (Å²) >= 11 is 0. The molecule has 1 N–H and O–H groups in total. The zero-order valence-electron chi connectivity index (χ0n) is 20.6. The van der Waals surface area contributed by atoms with E-state index in [0.717, 1.165) is 22.6 Å². The molecule has 0 radical (unpaired) electrons. The lowest BCUT2D eigenvalue weighted by Gasteiger charge is -2.26. The number of oxazole rings is 1. The highest BCUT2D eigenvalue weighted by Gasteiger charge is 2.36. The normalized spacial score (nSPS) is 13.7. The average Bonchev–Trinajstić information content (AvgIpc) is 3.51. The number of nitrogens with zero attached hydrogens (tertiary/aromatic N) is 1. The van der Waals surface area contributed by atoms with Crippen LogP contribution in [0.25, 0.3) is 11.5 Å². The molecule has 0 saturated carbocycles. The summed E-state index contributed by atoms with van der Waals surface area (Å²) in [5.74, 6) is 2.52. The van der Waals surface area contributed by atoms with E-state index in [0.29, 0.717) is 41.9 Å². The molecule has 8 heteroatoms. The van der Waals surface area contributed by atoms with E-state index in [4.69, 9.17) is 23.4 Å². The number of rotatable bonds is 10. The molecular weight excluding hydrogens is 474 g/mol. The minimum atomic E-state index is -1.48. The first-order valence-corrected chi connectivity index (χ1v) is 12.0.